The summed E-state index contributed by atoms with van der Waals surface area (Å²) in [6.45, 7) is 3.74. The fourth-order valence-corrected chi connectivity index (χ4v) is 6.72. The number of alkyl halides is 1. The molecule has 1 amide bonds. The average Bonchev–Trinajstić information content (AvgIpc) is 3.59. The Hall–Kier alpha value is -3.96. The molecule has 3 atom stereocenters. The second kappa shape index (κ2) is 12.8. The third-order valence-corrected chi connectivity index (χ3v) is 9.07. The fraction of sp³-hybridized carbons (Fsp3) is 0.485. The smallest absolute Gasteiger partial charge is 0.339 e. The lowest BCUT2D eigenvalue weighted by atomic mass is 9.86. The molecule has 0 radical (unpaired) electrons. The van der Waals surface area contributed by atoms with Crippen LogP contribution >= 0.6 is 11.6 Å². The van der Waals surface area contributed by atoms with Crippen LogP contribution in [-0.2, 0) is 16.0 Å². The molecule has 242 valence electrons. The van der Waals surface area contributed by atoms with Gasteiger partial charge in [-0.2, -0.15) is 0 Å². The number of Topliss-reactive ketones (excluding diaryl/α,β-unsaturated/α-hetero) is 1. The van der Waals surface area contributed by atoms with E-state index in [1.807, 2.05) is 0 Å². The maximum absolute atomic E-state index is 14.3. The van der Waals surface area contributed by atoms with Crippen LogP contribution in [0.3, 0.4) is 0 Å². The van der Waals surface area contributed by atoms with Crippen molar-refractivity contribution in [2.45, 2.75) is 69.4 Å². The molecule has 3 heterocycles. The number of methoxy groups -OCH3 is 4. The highest BCUT2D eigenvalue weighted by atomic mass is 35.5. The van der Waals surface area contributed by atoms with E-state index < -0.39 is 34.7 Å². The highest BCUT2D eigenvalue weighted by Crippen LogP contribution is 2.48. The van der Waals surface area contributed by atoms with Gasteiger partial charge in [0.15, 0.2) is 17.0 Å². The van der Waals surface area contributed by atoms with Gasteiger partial charge in [-0.1, -0.05) is 32.6 Å². The highest BCUT2D eigenvalue weighted by Gasteiger charge is 2.52. The van der Waals surface area contributed by atoms with Gasteiger partial charge in [0.1, 0.15) is 5.69 Å². The van der Waals surface area contributed by atoms with E-state index in [4.69, 9.17) is 30.5 Å². The van der Waals surface area contributed by atoms with Crippen LogP contribution in [0, 0.1) is 0 Å². The lowest BCUT2D eigenvalue weighted by molar-refractivity contribution is -0.143. The van der Waals surface area contributed by atoms with Crippen molar-refractivity contribution >= 4 is 51.5 Å². The molecule has 5 rings (SSSR count). The van der Waals surface area contributed by atoms with E-state index >= 15 is 0 Å². The molecule has 0 saturated heterocycles. The first kappa shape index (κ1) is 32.4. The van der Waals surface area contributed by atoms with Crippen LogP contribution in [0.5, 0.6) is 17.2 Å². The molecule has 0 spiro atoms. The van der Waals surface area contributed by atoms with E-state index in [2.05, 4.69) is 17.2 Å². The normalized spacial score (nSPS) is 19.5. The molecule has 3 aromatic rings. The van der Waals surface area contributed by atoms with E-state index in [1.165, 1.54) is 40.3 Å². The first-order valence-corrected chi connectivity index (χ1v) is 15.5. The number of aromatic amines is 1. The molecule has 12 heteroatoms. The number of unbranched alkanes of at least 4 members (excludes halogenated alkanes) is 3. The molecular formula is C33H40ClN3O8. The number of H-pyrrole nitrogens is 1. The van der Waals surface area contributed by atoms with Crippen LogP contribution in [-0.4, -0.2) is 73.7 Å². The maximum atomic E-state index is 14.3. The molecule has 1 aromatic heterocycles. The monoisotopic (exact) mass is 641 g/mol. The lowest BCUT2D eigenvalue weighted by Crippen LogP contribution is -2.47. The minimum Gasteiger partial charge on any atom is -0.493 e. The van der Waals surface area contributed by atoms with Gasteiger partial charge in [-0.15, -0.1) is 11.6 Å². The van der Waals surface area contributed by atoms with Gasteiger partial charge >= 0.3 is 5.97 Å². The number of ketones is 1. The number of benzene rings is 2. The molecule has 2 aromatic carbocycles. The predicted molar refractivity (Wildman–Crippen MR) is 172 cm³/mol. The Morgan fingerprint density at radius 1 is 1.09 bits per heavy atom. The van der Waals surface area contributed by atoms with Crippen LogP contribution < -0.4 is 24.4 Å². The molecule has 0 aliphatic carbocycles. The highest BCUT2D eigenvalue weighted by molar-refractivity contribution is 6.27. The molecule has 0 fully saturated rings. The number of aromatic nitrogens is 1. The number of halogens is 1. The number of amides is 1. The van der Waals surface area contributed by atoms with Gasteiger partial charge in [0.25, 0.3) is 5.91 Å². The summed E-state index contributed by atoms with van der Waals surface area (Å²) in [5, 5.41) is 14.7. The van der Waals surface area contributed by atoms with Crippen molar-refractivity contribution in [1.82, 2.24) is 4.98 Å². The molecule has 0 saturated carbocycles. The summed E-state index contributed by atoms with van der Waals surface area (Å²) >= 11 is 6.76. The zero-order chi connectivity index (χ0) is 32.6. The zero-order valence-electron chi connectivity index (χ0n) is 26.5. The summed E-state index contributed by atoms with van der Waals surface area (Å²) in [5.41, 5.74) is 1.17. The average molecular weight is 642 g/mol. The third-order valence-electron chi connectivity index (χ3n) is 8.77. The summed E-state index contributed by atoms with van der Waals surface area (Å²) < 4.78 is 21.6. The summed E-state index contributed by atoms with van der Waals surface area (Å²) in [6.07, 6.45) is 3.61. The number of aliphatic hydroxyl groups is 1. The summed E-state index contributed by atoms with van der Waals surface area (Å²) in [5.74, 6) is -0.430. The number of nitrogens with zero attached hydrogens (tertiary/aromatic N) is 1. The Labute approximate surface area is 267 Å². The molecule has 3 N–H and O–H groups in total. The largest absolute Gasteiger partial charge is 0.493 e. The summed E-state index contributed by atoms with van der Waals surface area (Å²) in [4.78, 5) is 45.8. The molecule has 2 aliphatic heterocycles. The van der Waals surface area contributed by atoms with Crippen LogP contribution in [0.1, 0.15) is 84.0 Å². The zero-order valence-corrected chi connectivity index (χ0v) is 27.2. The number of hydrogen-bond acceptors (Lipinski definition) is 9. The SMILES string of the molecule is CCCCCCC(O)c1cc2c(c3c1NC(C)(C(=O)OC)C3=O)CC(Cl)CN2C(=O)c1cc2cc(OC)c(OC)c(OC)c2[nH]1. The van der Waals surface area contributed by atoms with Crippen molar-refractivity contribution in [2.24, 2.45) is 0 Å². The van der Waals surface area contributed by atoms with Crippen LogP contribution in [0.4, 0.5) is 11.4 Å². The van der Waals surface area contributed by atoms with Gasteiger partial charge < -0.3 is 39.3 Å². The molecule has 2 aliphatic rings. The number of anilines is 2. The molecule has 11 nitrogen and oxygen atoms in total. The van der Waals surface area contributed by atoms with Gasteiger partial charge in [0, 0.05) is 28.7 Å². The third kappa shape index (κ3) is 5.46. The van der Waals surface area contributed by atoms with E-state index in [-0.39, 0.29) is 24.2 Å². The Kier molecular flexibility index (Phi) is 9.23. The van der Waals surface area contributed by atoms with Gasteiger partial charge in [0.05, 0.1) is 51.1 Å². The molecular weight excluding hydrogens is 602 g/mol. The lowest BCUT2D eigenvalue weighted by Gasteiger charge is -2.34. The first-order chi connectivity index (χ1) is 21.5. The number of hydrogen-bond donors (Lipinski definition) is 3. The number of carbonyl (C=O) groups is 3. The van der Waals surface area contributed by atoms with Crippen molar-refractivity contribution in [1.29, 1.82) is 0 Å². The van der Waals surface area contributed by atoms with Gasteiger partial charge in [0.2, 0.25) is 11.5 Å². The number of esters is 1. The number of nitrogens with one attached hydrogen (secondary N) is 2. The van der Waals surface area contributed by atoms with Crippen molar-refractivity contribution in [2.75, 3.05) is 45.2 Å². The van der Waals surface area contributed by atoms with Crippen molar-refractivity contribution < 1.29 is 38.4 Å². The van der Waals surface area contributed by atoms with Crippen molar-refractivity contribution in [3.8, 4) is 17.2 Å². The van der Waals surface area contributed by atoms with E-state index in [9.17, 15) is 19.5 Å². The van der Waals surface area contributed by atoms with Gasteiger partial charge in [-0.3, -0.25) is 9.59 Å². The first-order valence-electron chi connectivity index (χ1n) is 15.1. The second-order valence-electron chi connectivity index (χ2n) is 11.7. The van der Waals surface area contributed by atoms with E-state index in [1.54, 1.807) is 18.2 Å². The summed E-state index contributed by atoms with van der Waals surface area (Å²) in [6, 6.07) is 5.19. The van der Waals surface area contributed by atoms with Crippen LogP contribution in [0.15, 0.2) is 18.2 Å². The molecule has 45 heavy (non-hydrogen) atoms. The maximum Gasteiger partial charge on any atom is 0.339 e. The Morgan fingerprint density at radius 3 is 2.47 bits per heavy atom. The number of aliphatic hydroxyl groups excluding tert-OH is 1. The van der Waals surface area contributed by atoms with Gasteiger partial charge in [-0.05, 0) is 43.5 Å². The number of carbonyl (C=O) groups excluding carboxylic acids is 3. The fourth-order valence-electron chi connectivity index (χ4n) is 6.43. The minimum atomic E-state index is -1.69. The minimum absolute atomic E-state index is 0.160. The summed E-state index contributed by atoms with van der Waals surface area (Å²) in [7, 11) is 5.74. The predicted octanol–water partition coefficient (Wildman–Crippen LogP) is 5.55. The topological polar surface area (TPSA) is 139 Å². The molecule has 0 bridgehead atoms. The standard InChI is InChI=1S/C33H40ClN3O8/c1-7-8-9-10-11-23(38)20-15-22-19(25-27(20)36-33(2,30(25)39)32(41)45-6)14-18(34)16-37(22)31(40)21-12-17-13-24(42-3)28(43-4)29(44-5)26(17)35-21/h12-13,15,18,23,35-36,38H,7-11,14,16H2,1-6H3. The molecule has 3 unspecified atom stereocenters. The van der Waals surface area contributed by atoms with E-state index in [0.29, 0.717) is 57.1 Å². The van der Waals surface area contributed by atoms with Crippen molar-refractivity contribution in [3.63, 3.8) is 0 Å². The Morgan fingerprint density at radius 2 is 1.82 bits per heavy atom. The number of rotatable bonds is 11. The quantitative estimate of drug-likeness (QED) is 0.106. The Balaban J connectivity index is 1.64. The van der Waals surface area contributed by atoms with Crippen molar-refractivity contribution in [3.05, 3.63) is 40.6 Å². The second-order valence-corrected chi connectivity index (χ2v) is 12.3. The van der Waals surface area contributed by atoms with E-state index in [0.717, 1.165) is 25.7 Å². The van der Waals surface area contributed by atoms with Crippen LogP contribution in [0.25, 0.3) is 10.9 Å². The van der Waals surface area contributed by atoms with Gasteiger partial charge in [-0.25, -0.2) is 4.79 Å². The number of fused-ring (bicyclic) bond motifs is 4. The van der Waals surface area contributed by atoms with Crippen LogP contribution in [0.2, 0.25) is 0 Å². The number of ether oxygens (including phenoxy) is 4. The Bertz CT molecular complexity index is 1650.